The molecule has 0 bridgehead atoms. The van der Waals surface area contributed by atoms with Crippen LogP contribution in [0, 0.1) is 0 Å². The number of aromatic carboxylic acids is 1. The summed E-state index contributed by atoms with van der Waals surface area (Å²) in [4.78, 5) is 44.6. The van der Waals surface area contributed by atoms with Crippen LogP contribution in [-0.4, -0.2) is 83.6 Å². The van der Waals surface area contributed by atoms with Crippen LogP contribution in [0.2, 0.25) is 0 Å². The molecular weight excluding hydrogens is 478 g/mol. The smallest absolute Gasteiger partial charge is 0.478 e. The van der Waals surface area contributed by atoms with Crippen LogP contribution in [0.15, 0.2) is 36.5 Å². The highest BCUT2D eigenvalue weighted by atomic mass is 19.4. The molecule has 1 aliphatic heterocycles. The number of nitrogens with one attached hydrogen (secondary N) is 1. The lowest BCUT2D eigenvalue weighted by Crippen LogP contribution is -2.40. The lowest BCUT2D eigenvalue weighted by molar-refractivity contribution is -0.192. The molecular formula is C21H23F4N5O5. The molecule has 2 aromatic rings. The van der Waals surface area contributed by atoms with Gasteiger partial charge in [0.1, 0.15) is 12.0 Å². The summed E-state index contributed by atoms with van der Waals surface area (Å²) >= 11 is 0. The lowest BCUT2D eigenvalue weighted by atomic mass is 10.1. The van der Waals surface area contributed by atoms with Crippen molar-refractivity contribution in [2.24, 2.45) is 0 Å². The molecule has 0 unspecified atom stereocenters. The van der Waals surface area contributed by atoms with E-state index in [9.17, 15) is 27.2 Å². The number of nitrogens with zero attached hydrogens (tertiary/aromatic N) is 4. The Morgan fingerprint density at radius 3 is 2.37 bits per heavy atom. The quantitative estimate of drug-likeness (QED) is 0.509. The van der Waals surface area contributed by atoms with Crippen LogP contribution in [0.1, 0.15) is 27.1 Å². The van der Waals surface area contributed by atoms with Gasteiger partial charge in [-0.1, -0.05) is 6.07 Å². The first-order chi connectivity index (χ1) is 16.3. The third-order valence-corrected chi connectivity index (χ3v) is 4.80. The number of anilines is 2. The zero-order valence-corrected chi connectivity index (χ0v) is 18.7. The number of carbonyl (C=O) groups excluding carboxylic acids is 1. The topological polar surface area (TPSA) is 136 Å². The molecule has 1 aromatic heterocycles. The van der Waals surface area contributed by atoms with Crippen LogP contribution in [0.5, 0.6) is 0 Å². The minimum absolute atomic E-state index is 0.0381. The van der Waals surface area contributed by atoms with E-state index in [1.807, 2.05) is 19.0 Å². The SMILES string of the molecule is CN(C)c1nccc(N2C[C@@H](F)C[C@H]2CNC(=O)c2cccc(C(=O)O)c2)n1.O=C(O)C(F)(F)F. The summed E-state index contributed by atoms with van der Waals surface area (Å²) < 4.78 is 45.8. The first-order valence-electron chi connectivity index (χ1n) is 10.1. The molecule has 0 aliphatic carbocycles. The Bertz CT molecular complexity index is 1070. The minimum atomic E-state index is -5.08. The Morgan fingerprint density at radius 2 is 1.80 bits per heavy atom. The van der Waals surface area contributed by atoms with E-state index in [0.29, 0.717) is 11.8 Å². The fourth-order valence-corrected chi connectivity index (χ4v) is 3.15. The highest BCUT2D eigenvalue weighted by molar-refractivity contribution is 5.97. The molecule has 2 atom stereocenters. The van der Waals surface area contributed by atoms with Gasteiger partial charge in [-0.25, -0.2) is 19.0 Å². The number of carboxylic acids is 2. The Morgan fingerprint density at radius 1 is 1.17 bits per heavy atom. The molecule has 35 heavy (non-hydrogen) atoms. The van der Waals surface area contributed by atoms with Crippen molar-refractivity contribution in [1.82, 2.24) is 15.3 Å². The number of amides is 1. The van der Waals surface area contributed by atoms with Gasteiger partial charge in [0, 0.05) is 38.8 Å². The maximum atomic E-state index is 14.1. The second-order valence-corrected chi connectivity index (χ2v) is 7.65. The van der Waals surface area contributed by atoms with Crippen molar-refractivity contribution in [1.29, 1.82) is 0 Å². The molecule has 3 rings (SSSR count). The predicted octanol–water partition coefficient (Wildman–Crippen LogP) is 2.22. The standard InChI is InChI=1S/C19H22FN5O3.C2HF3O2/c1-24(2)19-21-7-6-16(23-19)25-11-14(20)9-15(25)10-22-17(26)12-4-3-5-13(8-12)18(27)28;3-2(4,5)1(6)7/h3-8,14-15H,9-11H2,1-2H3,(H,22,26)(H,27,28);(H,6,7)/t14-,15-;/m0./s1. The summed E-state index contributed by atoms with van der Waals surface area (Å²) in [5.74, 6) is -3.13. The zero-order valence-electron chi connectivity index (χ0n) is 18.7. The van der Waals surface area contributed by atoms with E-state index >= 15 is 0 Å². The minimum Gasteiger partial charge on any atom is -0.478 e. The van der Waals surface area contributed by atoms with Gasteiger partial charge in [-0.15, -0.1) is 0 Å². The normalized spacial score (nSPS) is 17.3. The second-order valence-electron chi connectivity index (χ2n) is 7.65. The molecule has 1 fully saturated rings. The van der Waals surface area contributed by atoms with Crippen LogP contribution in [-0.2, 0) is 4.79 Å². The maximum absolute atomic E-state index is 14.1. The van der Waals surface area contributed by atoms with Crippen LogP contribution in [0.4, 0.5) is 29.3 Å². The average molecular weight is 501 g/mol. The maximum Gasteiger partial charge on any atom is 0.490 e. The molecule has 10 nitrogen and oxygen atoms in total. The van der Waals surface area contributed by atoms with E-state index in [1.54, 1.807) is 23.2 Å². The van der Waals surface area contributed by atoms with Crippen molar-refractivity contribution < 1.29 is 42.2 Å². The highest BCUT2D eigenvalue weighted by Gasteiger charge is 2.38. The largest absolute Gasteiger partial charge is 0.490 e. The van der Waals surface area contributed by atoms with Gasteiger partial charge in [0.25, 0.3) is 5.91 Å². The molecule has 0 radical (unpaired) electrons. The van der Waals surface area contributed by atoms with Gasteiger partial charge in [-0.3, -0.25) is 4.79 Å². The number of aromatic nitrogens is 2. The van der Waals surface area contributed by atoms with Crippen molar-refractivity contribution in [3.63, 3.8) is 0 Å². The van der Waals surface area contributed by atoms with Gasteiger partial charge in [0.05, 0.1) is 18.2 Å². The van der Waals surface area contributed by atoms with E-state index in [0.717, 1.165) is 0 Å². The number of carbonyl (C=O) groups is 3. The fourth-order valence-electron chi connectivity index (χ4n) is 3.15. The molecule has 1 amide bonds. The molecule has 2 heterocycles. The van der Waals surface area contributed by atoms with E-state index in [-0.39, 0.29) is 36.7 Å². The van der Waals surface area contributed by atoms with E-state index in [2.05, 4.69) is 15.3 Å². The number of alkyl halides is 4. The first-order valence-corrected chi connectivity index (χ1v) is 10.1. The first kappa shape index (κ1) is 27.3. The molecule has 0 saturated carbocycles. The Hall–Kier alpha value is -3.97. The Labute approximate surface area is 197 Å². The number of hydrogen-bond donors (Lipinski definition) is 3. The van der Waals surface area contributed by atoms with Gasteiger partial charge < -0.3 is 25.3 Å². The Balaban J connectivity index is 0.000000540. The molecule has 14 heteroatoms. The summed E-state index contributed by atoms with van der Waals surface area (Å²) in [5, 5.41) is 18.9. The molecule has 1 saturated heterocycles. The molecule has 0 spiro atoms. The summed E-state index contributed by atoms with van der Waals surface area (Å²) in [7, 11) is 3.65. The summed E-state index contributed by atoms with van der Waals surface area (Å²) in [6.45, 7) is 0.413. The van der Waals surface area contributed by atoms with Gasteiger partial charge in [-0.05, 0) is 24.3 Å². The molecule has 3 N–H and O–H groups in total. The number of halogens is 4. The van der Waals surface area contributed by atoms with Crippen molar-refractivity contribution in [3.05, 3.63) is 47.7 Å². The monoisotopic (exact) mass is 501 g/mol. The zero-order chi connectivity index (χ0) is 26.3. The van der Waals surface area contributed by atoms with Gasteiger partial charge >= 0.3 is 18.1 Å². The highest BCUT2D eigenvalue weighted by Crippen LogP contribution is 2.26. The van der Waals surface area contributed by atoms with Crippen LogP contribution < -0.4 is 15.1 Å². The molecule has 1 aromatic carbocycles. The van der Waals surface area contributed by atoms with Crippen molar-refractivity contribution >= 4 is 29.6 Å². The van der Waals surface area contributed by atoms with Gasteiger partial charge in [-0.2, -0.15) is 18.2 Å². The third-order valence-electron chi connectivity index (χ3n) is 4.80. The number of rotatable bonds is 6. The molecule has 1 aliphatic rings. The van der Waals surface area contributed by atoms with Crippen molar-refractivity contribution in [2.75, 3.05) is 37.0 Å². The van der Waals surface area contributed by atoms with Crippen LogP contribution in [0.25, 0.3) is 0 Å². The number of hydrogen-bond acceptors (Lipinski definition) is 7. The Kier molecular flexibility index (Phi) is 8.92. The van der Waals surface area contributed by atoms with Gasteiger partial charge in [0.15, 0.2) is 0 Å². The van der Waals surface area contributed by atoms with Gasteiger partial charge in [0.2, 0.25) is 5.95 Å². The van der Waals surface area contributed by atoms with Crippen LogP contribution in [0.3, 0.4) is 0 Å². The van der Waals surface area contributed by atoms with Crippen LogP contribution >= 0.6 is 0 Å². The molecule has 190 valence electrons. The van der Waals surface area contributed by atoms with Crippen molar-refractivity contribution in [3.8, 4) is 0 Å². The lowest BCUT2D eigenvalue weighted by Gasteiger charge is -2.26. The number of carboxylic acid groups (broad SMARTS) is 2. The van der Waals surface area contributed by atoms with E-state index in [4.69, 9.17) is 15.0 Å². The third kappa shape index (κ3) is 7.79. The van der Waals surface area contributed by atoms with Crippen molar-refractivity contribution in [2.45, 2.75) is 24.8 Å². The number of benzene rings is 1. The summed E-state index contributed by atoms with van der Waals surface area (Å²) in [6, 6.07) is 7.25. The van der Waals surface area contributed by atoms with E-state index < -0.39 is 30.2 Å². The fraction of sp³-hybridized carbons (Fsp3) is 0.381. The predicted molar refractivity (Wildman–Crippen MR) is 116 cm³/mol. The number of aliphatic carboxylic acids is 1. The summed E-state index contributed by atoms with van der Waals surface area (Å²) in [6.07, 6.45) is -4.21. The van der Waals surface area contributed by atoms with E-state index in [1.165, 1.54) is 18.2 Å². The average Bonchev–Trinajstić information content (AvgIpc) is 3.17. The second kappa shape index (κ2) is 11.4. The summed E-state index contributed by atoms with van der Waals surface area (Å²) in [5.41, 5.74) is 0.286.